The van der Waals surface area contributed by atoms with E-state index in [2.05, 4.69) is 63.1 Å². The Morgan fingerprint density at radius 3 is 2.80 bits per heavy atom. The molecule has 0 spiro atoms. The zero-order valence-corrected chi connectivity index (χ0v) is 16.9. The molecular formula is C17H22IN7. The van der Waals surface area contributed by atoms with Crippen LogP contribution < -0.4 is 10.7 Å². The minimum atomic E-state index is 0.801. The predicted octanol–water partition coefficient (Wildman–Crippen LogP) is 2.48. The maximum absolute atomic E-state index is 4.61. The smallest absolute Gasteiger partial charge is 0.0875 e. The molecule has 1 aliphatic carbocycles. The van der Waals surface area contributed by atoms with Crippen LogP contribution in [0.25, 0.3) is 5.70 Å². The summed E-state index contributed by atoms with van der Waals surface area (Å²) in [5, 5.41) is 12.9. The molecule has 0 radical (unpaired) electrons. The van der Waals surface area contributed by atoms with Gasteiger partial charge in [-0.1, -0.05) is 12.2 Å². The van der Waals surface area contributed by atoms with E-state index in [-0.39, 0.29) is 0 Å². The largest absolute Gasteiger partial charge is 0.260 e. The first kappa shape index (κ1) is 16.6. The normalized spacial score (nSPS) is 17.4. The molecule has 1 saturated carbocycles. The van der Waals surface area contributed by atoms with Gasteiger partial charge in [-0.15, -0.1) is 10.2 Å². The molecule has 0 saturated heterocycles. The summed E-state index contributed by atoms with van der Waals surface area (Å²) < 4.78 is 1.18. The molecule has 25 heavy (non-hydrogen) atoms. The highest BCUT2D eigenvalue weighted by Gasteiger charge is 2.28. The lowest BCUT2D eigenvalue weighted by Crippen LogP contribution is -2.50. The molecule has 0 atom stereocenters. The molecule has 7 nitrogen and oxygen atoms in total. The van der Waals surface area contributed by atoms with E-state index in [1.54, 1.807) is 4.91 Å². The summed E-state index contributed by atoms with van der Waals surface area (Å²) in [5.41, 5.74) is 8.77. The number of aryl methyl sites for hydroxylation is 1. The van der Waals surface area contributed by atoms with E-state index in [9.17, 15) is 0 Å². The third kappa shape index (κ3) is 3.19. The first-order chi connectivity index (χ1) is 12.1. The standard InChI is InChI=1S/C17H22IN7/c1-4-16-15(18)8-13(9-19-16)17-11(2)23(3)25(22-17)24-20-10-14(21-24)7-12-5-6-12/h8-10,12,22H,4-7H2,1-3H3. The van der Waals surface area contributed by atoms with Gasteiger partial charge in [-0.05, 0) is 72.1 Å². The van der Waals surface area contributed by atoms with Gasteiger partial charge in [-0.3, -0.25) is 15.4 Å². The van der Waals surface area contributed by atoms with Gasteiger partial charge in [0, 0.05) is 22.4 Å². The highest BCUT2D eigenvalue weighted by atomic mass is 127. The summed E-state index contributed by atoms with van der Waals surface area (Å²) >= 11 is 2.35. The molecule has 0 bridgehead atoms. The number of hydrogen-bond acceptors (Lipinski definition) is 6. The van der Waals surface area contributed by atoms with Crippen LogP contribution in [0.15, 0.2) is 24.2 Å². The molecule has 1 fully saturated rings. The molecule has 132 valence electrons. The van der Waals surface area contributed by atoms with Crippen molar-refractivity contribution in [2.45, 2.75) is 39.5 Å². The lowest BCUT2D eigenvalue weighted by atomic mass is 10.1. The summed E-state index contributed by atoms with van der Waals surface area (Å²) in [6, 6.07) is 2.17. The molecule has 8 heteroatoms. The second-order valence-corrected chi connectivity index (χ2v) is 7.81. The van der Waals surface area contributed by atoms with Crippen molar-refractivity contribution in [3.05, 3.63) is 44.7 Å². The van der Waals surface area contributed by atoms with Crippen LogP contribution in [0, 0.1) is 9.49 Å². The van der Waals surface area contributed by atoms with Gasteiger partial charge in [0.1, 0.15) is 0 Å². The van der Waals surface area contributed by atoms with Crippen LogP contribution in [0.4, 0.5) is 0 Å². The molecule has 2 aromatic rings. The third-order valence-corrected chi connectivity index (χ3v) is 5.71. The number of allylic oxidation sites excluding steroid dienone is 1. The van der Waals surface area contributed by atoms with Crippen molar-refractivity contribution in [2.24, 2.45) is 5.92 Å². The number of nitrogens with one attached hydrogen (secondary N) is 1. The van der Waals surface area contributed by atoms with E-state index in [4.69, 9.17) is 0 Å². The van der Waals surface area contributed by atoms with Crippen LogP contribution in [-0.2, 0) is 12.8 Å². The van der Waals surface area contributed by atoms with E-state index in [1.807, 2.05) is 29.7 Å². The highest BCUT2D eigenvalue weighted by molar-refractivity contribution is 14.1. The maximum Gasteiger partial charge on any atom is 0.0875 e. The number of hydrazine groups is 2. The van der Waals surface area contributed by atoms with Gasteiger partial charge in [0.2, 0.25) is 0 Å². The number of halogens is 1. The van der Waals surface area contributed by atoms with Gasteiger partial charge in [0.15, 0.2) is 0 Å². The first-order valence-corrected chi connectivity index (χ1v) is 9.72. The lowest BCUT2D eigenvalue weighted by Gasteiger charge is -2.25. The van der Waals surface area contributed by atoms with Crippen molar-refractivity contribution in [3.63, 3.8) is 0 Å². The minimum absolute atomic E-state index is 0.801. The Kier molecular flexibility index (Phi) is 4.30. The molecule has 2 aromatic heterocycles. The highest BCUT2D eigenvalue weighted by Crippen LogP contribution is 2.32. The molecule has 0 aromatic carbocycles. The monoisotopic (exact) mass is 451 g/mol. The summed E-state index contributed by atoms with van der Waals surface area (Å²) in [7, 11) is 2.00. The molecule has 1 N–H and O–H groups in total. The Morgan fingerprint density at radius 2 is 2.12 bits per heavy atom. The SMILES string of the molecule is CCc1ncc(C2=C(C)N(C)N(n3ncc(CC4CC4)n3)N2)cc1I. The Balaban J connectivity index is 1.56. The molecular weight excluding hydrogens is 429 g/mol. The van der Waals surface area contributed by atoms with Crippen molar-refractivity contribution in [1.82, 2.24) is 30.5 Å². The van der Waals surface area contributed by atoms with Crippen LogP contribution in [0.5, 0.6) is 0 Å². The Bertz CT molecular complexity index is 824. The summed E-state index contributed by atoms with van der Waals surface area (Å²) in [5.74, 6) is 0.801. The van der Waals surface area contributed by atoms with Crippen molar-refractivity contribution < 1.29 is 0 Å². The van der Waals surface area contributed by atoms with E-state index in [0.717, 1.165) is 47.1 Å². The van der Waals surface area contributed by atoms with E-state index in [0.29, 0.717) is 0 Å². The maximum atomic E-state index is 4.61. The third-order valence-electron chi connectivity index (χ3n) is 4.78. The van der Waals surface area contributed by atoms with Crippen molar-refractivity contribution in [3.8, 4) is 0 Å². The average Bonchev–Trinajstić information content (AvgIpc) is 3.21. The molecule has 2 aliphatic rings. The van der Waals surface area contributed by atoms with Gasteiger partial charge in [0.05, 0.1) is 29.0 Å². The molecule has 0 unspecified atom stereocenters. The van der Waals surface area contributed by atoms with Crippen molar-refractivity contribution in [1.29, 1.82) is 0 Å². The van der Waals surface area contributed by atoms with E-state index in [1.165, 1.54) is 16.4 Å². The number of nitrogens with zero attached hydrogens (tertiary/aromatic N) is 6. The van der Waals surface area contributed by atoms with Crippen LogP contribution in [-0.4, -0.2) is 32.1 Å². The number of aromatic nitrogens is 4. The van der Waals surface area contributed by atoms with Gasteiger partial charge in [-0.25, -0.2) is 0 Å². The lowest BCUT2D eigenvalue weighted by molar-refractivity contribution is 0.251. The summed E-state index contributed by atoms with van der Waals surface area (Å²) in [4.78, 5) is 6.20. The predicted molar refractivity (Wildman–Crippen MR) is 104 cm³/mol. The number of hydrogen-bond donors (Lipinski definition) is 1. The number of rotatable bonds is 5. The zero-order chi connectivity index (χ0) is 17.6. The topological polar surface area (TPSA) is 62.1 Å². The van der Waals surface area contributed by atoms with Crippen LogP contribution in [0.3, 0.4) is 0 Å². The second-order valence-electron chi connectivity index (χ2n) is 6.64. The quantitative estimate of drug-likeness (QED) is 0.706. The van der Waals surface area contributed by atoms with Gasteiger partial charge >= 0.3 is 0 Å². The van der Waals surface area contributed by atoms with Crippen molar-refractivity contribution >= 4 is 28.3 Å². The van der Waals surface area contributed by atoms with E-state index >= 15 is 0 Å². The fourth-order valence-corrected chi connectivity index (χ4v) is 3.80. The average molecular weight is 451 g/mol. The molecule has 1 aliphatic heterocycles. The van der Waals surface area contributed by atoms with Gasteiger partial charge in [0.25, 0.3) is 0 Å². The van der Waals surface area contributed by atoms with Crippen LogP contribution in [0.2, 0.25) is 0 Å². The summed E-state index contributed by atoms with van der Waals surface area (Å²) in [6.45, 7) is 4.21. The first-order valence-electron chi connectivity index (χ1n) is 8.64. The van der Waals surface area contributed by atoms with Crippen molar-refractivity contribution in [2.75, 3.05) is 12.3 Å². The molecule has 3 heterocycles. The fraction of sp³-hybridized carbons (Fsp3) is 0.471. The Morgan fingerprint density at radius 1 is 1.32 bits per heavy atom. The second kappa shape index (κ2) is 6.47. The molecule has 4 rings (SSSR count). The van der Waals surface area contributed by atoms with E-state index < -0.39 is 0 Å². The van der Waals surface area contributed by atoms with Gasteiger partial charge < -0.3 is 0 Å². The van der Waals surface area contributed by atoms with Gasteiger partial charge in [-0.2, -0.15) is 0 Å². The van der Waals surface area contributed by atoms with Crippen LogP contribution >= 0.6 is 22.6 Å². The molecule has 0 amide bonds. The number of pyridine rings is 1. The Hall–Kier alpha value is -1.84. The van der Waals surface area contributed by atoms with Crippen LogP contribution in [0.1, 0.15) is 43.6 Å². The minimum Gasteiger partial charge on any atom is -0.260 e. The fourth-order valence-electron chi connectivity index (χ4n) is 2.95. The Labute approximate surface area is 161 Å². The zero-order valence-electron chi connectivity index (χ0n) is 14.7. The summed E-state index contributed by atoms with van der Waals surface area (Å²) in [6.07, 6.45) is 8.40.